The predicted octanol–water partition coefficient (Wildman–Crippen LogP) is 1.08. The minimum absolute atomic E-state index is 0.0436. The first kappa shape index (κ1) is 18.0. The van der Waals surface area contributed by atoms with Crippen molar-refractivity contribution in [2.45, 2.75) is 51.1 Å². The molecule has 1 N–H and O–H groups in total. The Kier molecular flexibility index (Phi) is 5.49. The Morgan fingerprint density at radius 3 is 2.62 bits per heavy atom. The summed E-state index contributed by atoms with van der Waals surface area (Å²) >= 11 is 6.59. The zero-order valence-corrected chi connectivity index (χ0v) is 14.5. The largest absolute Gasteiger partial charge is 0.595 e. The predicted molar refractivity (Wildman–Crippen MR) is 85.5 cm³/mol. The fourth-order valence-corrected chi connectivity index (χ4v) is 3.79. The molecule has 1 aliphatic rings. The first-order valence-electron chi connectivity index (χ1n) is 6.51. The Morgan fingerprint density at radius 2 is 2.14 bits per heavy atom. The van der Waals surface area contributed by atoms with Gasteiger partial charge in [-0.25, -0.2) is 4.79 Å². The van der Waals surface area contributed by atoms with Crippen LogP contribution in [0.1, 0.15) is 34.6 Å². The summed E-state index contributed by atoms with van der Waals surface area (Å²) < 4.78 is 5.07. The molecule has 1 heterocycles. The van der Waals surface area contributed by atoms with Gasteiger partial charge in [-0.15, -0.1) is 11.8 Å². The van der Waals surface area contributed by atoms with Crippen molar-refractivity contribution in [3.05, 3.63) is 0 Å². The number of carboxylic acids is 1. The summed E-state index contributed by atoms with van der Waals surface area (Å²) in [5.41, 5.74) is -0.997. The van der Waals surface area contributed by atoms with E-state index >= 15 is 0 Å². The molecule has 1 saturated heterocycles. The van der Waals surface area contributed by atoms with Crippen LogP contribution in [0.25, 0.3) is 0 Å². The van der Waals surface area contributed by atoms with Crippen molar-refractivity contribution in [3.63, 3.8) is 0 Å². The zero-order chi connectivity index (χ0) is 16.4. The maximum Gasteiger partial charge on any atom is 0.337 e. The van der Waals surface area contributed by atoms with Gasteiger partial charge in [-0.3, -0.25) is 4.99 Å². The van der Waals surface area contributed by atoms with E-state index in [1.807, 2.05) is 13.8 Å². The third kappa shape index (κ3) is 5.03. The number of rotatable bonds is 3. The Balaban J connectivity index is 2.77. The molecule has 0 bridgehead atoms. The SMILES string of the molecule is CC(C)(C)OC([O-])=NCC(=S)N1C(C(=O)O)SCC1(C)C. The summed E-state index contributed by atoms with van der Waals surface area (Å²) in [6, 6.07) is 0. The summed E-state index contributed by atoms with van der Waals surface area (Å²) in [5.74, 6) is -0.290. The maximum absolute atomic E-state index is 11.6. The van der Waals surface area contributed by atoms with Gasteiger partial charge >= 0.3 is 5.97 Å². The topological polar surface area (TPSA) is 85.2 Å². The van der Waals surface area contributed by atoms with Crippen molar-refractivity contribution in [3.8, 4) is 0 Å². The fourth-order valence-electron chi connectivity index (χ4n) is 1.90. The Morgan fingerprint density at radius 1 is 1.57 bits per heavy atom. The van der Waals surface area contributed by atoms with Crippen molar-refractivity contribution in [1.82, 2.24) is 4.90 Å². The van der Waals surface area contributed by atoms with E-state index in [0.29, 0.717) is 10.7 Å². The minimum Gasteiger partial charge on any atom is -0.595 e. The molecule has 21 heavy (non-hydrogen) atoms. The van der Waals surface area contributed by atoms with Crippen LogP contribution in [0.2, 0.25) is 0 Å². The molecule has 8 heteroatoms. The molecule has 0 amide bonds. The van der Waals surface area contributed by atoms with Gasteiger partial charge in [0.1, 0.15) is 11.1 Å². The molecule has 1 rings (SSSR count). The normalized spacial score (nSPS) is 22.2. The second-order valence-corrected chi connectivity index (χ2v) is 7.91. The standard InChI is InChI=1S/C13H22N2O4S2/c1-12(2,3)19-11(18)14-6-8(20)15-9(10(16)17)21-7-13(15,4)5/h9H,6-7H2,1-5H3,(H,14,18)(H,16,17)/p-1. The smallest absolute Gasteiger partial charge is 0.337 e. The Hall–Kier alpha value is -1.02. The Bertz CT molecular complexity index is 458. The van der Waals surface area contributed by atoms with E-state index in [1.165, 1.54) is 11.8 Å². The number of carbonyl (C=O) groups is 1. The molecule has 120 valence electrons. The van der Waals surface area contributed by atoms with Gasteiger partial charge in [0.05, 0.1) is 6.54 Å². The molecule has 1 unspecified atom stereocenters. The summed E-state index contributed by atoms with van der Waals surface area (Å²) in [6.45, 7) is 9.04. The van der Waals surface area contributed by atoms with E-state index in [1.54, 1.807) is 25.7 Å². The second-order valence-electron chi connectivity index (χ2n) is 6.37. The number of nitrogens with zero attached hydrogens (tertiary/aromatic N) is 2. The van der Waals surface area contributed by atoms with Crippen molar-refractivity contribution in [2.24, 2.45) is 4.99 Å². The highest BCUT2D eigenvalue weighted by atomic mass is 32.2. The van der Waals surface area contributed by atoms with Gasteiger partial charge in [0.25, 0.3) is 0 Å². The number of aliphatic imine (C=N–C) groups is 1. The van der Waals surface area contributed by atoms with Crippen LogP contribution in [0.15, 0.2) is 4.99 Å². The number of thioether (sulfide) groups is 1. The first-order valence-corrected chi connectivity index (χ1v) is 7.97. The summed E-state index contributed by atoms with van der Waals surface area (Å²) in [5, 5.41) is 20.1. The lowest BCUT2D eigenvalue weighted by Gasteiger charge is -2.35. The number of carboxylic acid groups (broad SMARTS) is 1. The number of aliphatic carboxylic acids is 1. The van der Waals surface area contributed by atoms with E-state index in [0.717, 1.165) is 0 Å². The molecule has 0 aromatic heterocycles. The van der Waals surface area contributed by atoms with Gasteiger partial charge in [-0.2, -0.15) is 0 Å². The van der Waals surface area contributed by atoms with Crippen LogP contribution >= 0.6 is 24.0 Å². The van der Waals surface area contributed by atoms with E-state index in [2.05, 4.69) is 4.99 Å². The lowest BCUT2D eigenvalue weighted by atomic mass is 10.1. The third-order valence-corrected chi connectivity index (χ3v) is 4.63. The highest BCUT2D eigenvalue weighted by Gasteiger charge is 2.44. The molecule has 0 spiro atoms. The average Bonchev–Trinajstić information content (AvgIpc) is 2.59. The van der Waals surface area contributed by atoms with Gasteiger partial charge in [-0.05, 0) is 13.8 Å². The van der Waals surface area contributed by atoms with Gasteiger partial charge in [-0.1, -0.05) is 33.0 Å². The molecule has 0 aromatic rings. The molecular formula is C13H21N2O4S2-. The number of hydrogen-bond acceptors (Lipinski definition) is 6. The molecule has 1 fully saturated rings. The number of hydrogen-bond donors (Lipinski definition) is 1. The van der Waals surface area contributed by atoms with E-state index in [4.69, 9.17) is 17.0 Å². The molecule has 0 saturated carbocycles. The van der Waals surface area contributed by atoms with Crippen LogP contribution in [0.4, 0.5) is 0 Å². The van der Waals surface area contributed by atoms with Gasteiger partial charge in [0, 0.05) is 16.9 Å². The molecule has 0 radical (unpaired) electrons. The summed E-state index contributed by atoms with van der Waals surface area (Å²) in [4.78, 5) is 17.0. The lowest BCUT2D eigenvalue weighted by Crippen LogP contribution is -2.50. The third-order valence-electron chi connectivity index (χ3n) is 2.70. The monoisotopic (exact) mass is 333 g/mol. The molecule has 0 aliphatic carbocycles. The van der Waals surface area contributed by atoms with Crippen molar-refractivity contribution < 1.29 is 19.7 Å². The highest BCUT2D eigenvalue weighted by Crippen LogP contribution is 2.37. The van der Waals surface area contributed by atoms with E-state index in [9.17, 15) is 15.0 Å². The average molecular weight is 333 g/mol. The molecular weight excluding hydrogens is 312 g/mol. The summed E-state index contributed by atoms with van der Waals surface area (Å²) in [6.07, 6.45) is -0.693. The number of ether oxygens (including phenoxy) is 1. The zero-order valence-electron chi connectivity index (χ0n) is 12.9. The molecule has 0 aromatic carbocycles. The van der Waals surface area contributed by atoms with Gasteiger partial charge in [0.2, 0.25) is 0 Å². The van der Waals surface area contributed by atoms with Gasteiger partial charge < -0.3 is 19.8 Å². The highest BCUT2D eigenvalue weighted by molar-refractivity contribution is 8.01. The van der Waals surface area contributed by atoms with Crippen molar-refractivity contribution in [1.29, 1.82) is 0 Å². The Labute approximate surface area is 134 Å². The quantitative estimate of drug-likeness (QED) is 0.470. The molecule has 1 aliphatic heterocycles. The van der Waals surface area contributed by atoms with Crippen LogP contribution < -0.4 is 5.11 Å². The van der Waals surface area contributed by atoms with Crippen molar-refractivity contribution >= 4 is 41.0 Å². The molecule has 1 atom stereocenters. The fraction of sp³-hybridized carbons (Fsp3) is 0.769. The summed E-state index contributed by atoms with van der Waals surface area (Å²) in [7, 11) is 0. The van der Waals surface area contributed by atoms with E-state index < -0.39 is 23.0 Å². The first-order chi connectivity index (χ1) is 9.44. The van der Waals surface area contributed by atoms with Gasteiger partial charge in [0.15, 0.2) is 5.37 Å². The molecule has 6 nitrogen and oxygen atoms in total. The van der Waals surface area contributed by atoms with Crippen LogP contribution in [0, 0.1) is 0 Å². The lowest BCUT2D eigenvalue weighted by molar-refractivity contribution is -0.260. The minimum atomic E-state index is -0.940. The maximum atomic E-state index is 11.6. The van der Waals surface area contributed by atoms with Crippen LogP contribution in [-0.2, 0) is 9.53 Å². The van der Waals surface area contributed by atoms with Crippen LogP contribution in [-0.4, -0.2) is 55.9 Å². The second kappa shape index (κ2) is 6.39. The van der Waals surface area contributed by atoms with Crippen LogP contribution in [0.3, 0.4) is 0 Å². The number of thiocarbonyl (C=S) groups is 1. The van der Waals surface area contributed by atoms with Crippen molar-refractivity contribution in [2.75, 3.05) is 12.3 Å². The van der Waals surface area contributed by atoms with Crippen LogP contribution in [0.5, 0.6) is 0 Å². The van der Waals surface area contributed by atoms with E-state index in [-0.39, 0.29) is 12.1 Å².